The fourth-order valence-corrected chi connectivity index (χ4v) is 4.66. The van der Waals surface area contributed by atoms with Gasteiger partial charge in [0.2, 0.25) is 0 Å². The van der Waals surface area contributed by atoms with Crippen molar-refractivity contribution in [2.75, 3.05) is 18.4 Å². The predicted molar refractivity (Wildman–Crippen MR) is 116 cm³/mol. The molecule has 4 nitrogen and oxygen atoms in total. The lowest BCUT2D eigenvalue weighted by molar-refractivity contribution is 0.178. The number of carbonyl (C=O) groups excluding carboxylic acids is 1. The second-order valence-electron chi connectivity index (χ2n) is 6.87. The summed E-state index contributed by atoms with van der Waals surface area (Å²) in [5.74, 6) is 0. The molecule has 0 saturated heterocycles. The Kier molecular flexibility index (Phi) is 5.95. The van der Waals surface area contributed by atoms with Crippen LogP contribution in [-0.2, 0) is 13.0 Å². The Morgan fingerprint density at radius 2 is 1.96 bits per heavy atom. The molecule has 4 rings (SSSR count). The summed E-state index contributed by atoms with van der Waals surface area (Å²) in [6.45, 7) is 2.43. The summed E-state index contributed by atoms with van der Waals surface area (Å²) < 4.78 is 0. The number of amides is 2. The third-order valence-electron chi connectivity index (χ3n) is 5.01. The summed E-state index contributed by atoms with van der Waals surface area (Å²) in [5, 5.41) is 8.57. The molecule has 28 heavy (non-hydrogen) atoms. The smallest absolute Gasteiger partial charge is 0.319 e. The van der Waals surface area contributed by atoms with Crippen molar-refractivity contribution in [3.05, 3.63) is 87.1 Å². The molecule has 2 aromatic carbocycles. The molecule has 3 aromatic rings. The first-order valence-electron chi connectivity index (χ1n) is 9.34. The van der Waals surface area contributed by atoms with Crippen molar-refractivity contribution in [2.24, 2.45) is 0 Å². The second-order valence-corrected chi connectivity index (χ2v) is 8.28. The molecule has 0 spiro atoms. The third kappa shape index (κ3) is 4.55. The fraction of sp³-hybridized carbons (Fsp3) is 0.227. The van der Waals surface area contributed by atoms with Gasteiger partial charge in [0.05, 0.1) is 6.04 Å². The van der Waals surface area contributed by atoms with Crippen LogP contribution in [0.25, 0.3) is 0 Å². The number of halogens is 1. The molecule has 0 saturated carbocycles. The van der Waals surface area contributed by atoms with Crippen LogP contribution in [0.1, 0.15) is 22.0 Å². The monoisotopic (exact) mass is 411 g/mol. The van der Waals surface area contributed by atoms with Crippen molar-refractivity contribution in [1.29, 1.82) is 0 Å². The lowest BCUT2D eigenvalue weighted by atomic mass is 9.98. The second kappa shape index (κ2) is 8.78. The van der Waals surface area contributed by atoms with E-state index in [1.807, 2.05) is 12.1 Å². The minimum absolute atomic E-state index is 0.151. The number of carbonyl (C=O) groups is 1. The van der Waals surface area contributed by atoms with E-state index in [1.165, 1.54) is 16.0 Å². The first-order chi connectivity index (χ1) is 13.7. The normalized spacial score (nSPS) is 14.9. The zero-order valence-corrected chi connectivity index (χ0v) is 17.0. The van der Waals surface area contributed by atoms with Gasteiger partial charge in [-0.3, -0.25) is 4.90 Å². The Labute approximate surface area is 174 Å². The highest BCUT2D eigenvalue weighted by Gasteiger charge is 2.25. The number of urea groups is 1. The molecular formula is C22H22ClN3OS. The molecule has 2 N–H and O–H groups in total. The summed E-state index contributed by atoms with van der Waals surface area (Å²) in [7, 11) is 0. The van der Waals surface area contributed by atoms with Crippen molar-refractivity contribution in [3.8, 4) is 0 Å². The highest BCUT2D eigenvalue weighted by Crippen LogP contribution is 2.30. The van der Waals surface area contributed by atoms with Crippen LogP contribution < -0.4 is 10.6 Å². The van der Waals surface area contributed by atoms with E-state index in [4.69, 9.17) is 11.6 Å². The number of nitrogens with zero attached hydrogens (tertiary/aromatic N) is 1. The quantitative estimate of drug-likeness (QED) is 0.596. The van der Waals surface area contributed by atoms with Crippen LogP contribution >= 0.6 is 22.9 Å². The zero-order chi connectivity index (χ0) is 19.3. The standard InChI is InChI=1S/C22H22ClN3OS/c23-18-7-3-8-19(13-18)25-22(27)24-14-20(21-9-4-12-28-21)26-11-10-16-5-1-2-6-17(16)15-26/h1-9,12-13,20H,10-11,14-15H2,(H2,24,25,27)/t20-/m0/s1. The van der Waals surface area contributed by atoms with Gasteiger partial charge >= 0.3 is 6.03 Å². The van der Waals surface area contributed by atoms with Crippen LogP contribution in [0.15, 0.2) is 66.0 Å². The van der Waals surface area contributed by atoms with E-state index >= 15 is 0 Å². The summed E-state index contributed by atoms with van der Waals surface area (Å²) >= 11 is 7.72. The van der Waals surface area contributed by atoms with E-state index in [1.54, 1.807) is 23.5 Å². The molecule has 0 unspecified atom stereocenters. The molecule has 144 valence electrons. The van der Waals surface area contributed by atoms with Gasteiger partial charge in [-0.15, -0.1) is 11.3 Å². The van der Waals surface area contributed by atoms with Crippen molar-refractivity contribution in [1.82, 2.24) is 10.2 Å². The Morgan fingerprint density at radius 1 is 1.11 bits per heavy atom. The van der Waals surface area contributed by atoms with Gasteiger partial charge < -0.3 is 10.6 Å². The molecule has 0 aliphatic carbocycles. The van der Waals surface area contributed by atoms with Crippen molar-refractivity contribution >= 4 is 34.7 Å². The molecule has 1 aromatic heterocycles. The zero-order valence-electron chi connectivity index (χ0n) is 15.4. The number of hydrogen-bond donors (Lipinski definition) is 2. The number of fused-ring (bicyclic) bond motifs is 1. The van der Waals surface area contributed by atoms with E-state index < -0.39 is 0 Å². The topological polar surface area (TPSA) is 44.4 Å². The van der Waals surface area contributed by atoms with Crippen LogP contribution in [-0.4, -0.2) is 24.0 Å². The van der Waals surface area contributed by atoms with Gasteiger partial charge in [-0.2, -0.15) is 0 Å². The Morgan fingerprint density at radius 3 is 2.75 bits per heavy atom. The van der Waals surface area contributed by atoms with Crippen LogP contribution in [0.4, 0.5) is 10.5 Å². The van der Waals surface area contributed by atoms with Crippen LogP contribution in [0, 0.1) is 0 Å². The van der Waals surface area contributed by atoms with Gasteiger partial charge in [0.1, 0.15) is 0 Å². The van der Waals surface area contributed by atoms with Crippen LogP contribution in [0.3, 0.4) is 0 Å². The number of thiophene rings is 1. The molecule has 0 radical (unpaired) electrons. The van der Waals surface area contributed by atoms with Crippen LogP contribution in [0.2, 0.25) is 5.02 Å². The van der Waals surface area contributed by atoms with Gasteiger partial charge in [-0.1, -0.05) is 48.0 Å². The Balaban J connectivity index is 1.43. The third-order valence-corrected chi connectivity index (χ3v) is 6.22. The van der Waals surface area contributed by atoms with Gasteiger partial charge in [0, 0.05) is 35.2 Å². The molecule has 0 bridgehead atoms. The maximum absolute atomic E-state index is 12.4. The van der Waals surface area contributed by atoms with Gasteiger partial charge in [-0.25, -0.2) is 4.79 Å². The largest absolute Gasteiger partial charge is 0.336 e. The summed E-state index contributed by atoms with van der Waals surface area (Å²) in [6.07, 6.45) is 1.03. The lowest BCUT2D eigenvalue weighted by Gasteiger charge is -2.35. The van der Waals surface area contributed by atoms with Crippen LogP contribution in [0.5, 0.6) is 0 Å². The molecule has 2 heterocycles. The maximum atomic E-state index is 12.4. The molecule has 1 aliphatic rings. The van der Waals surface area contributed by atoms with E-state index in [-0.39, 0.29) is 12.1 Å². The summed E-state index contributed by atoms with van der Waals surface area (Å²) in [6, 6.07) is 19.9. The van der Waals surface area contributed by atoms with Crippen molar-refractivity contribution < 1.29 is 4.79 Å². The number of hydrogen-bond acceptors (Lipinski definition) is 3. The predicted octanol–water partition coefficient (Wildman–Crippen LogP) is 5.32. The summed E-state index contributed by atoms with van der Waals surface area (Å²) in [4.78, 5) is 16.1. The Hall–Kier alpha value is -2.34. The average Bonchev–Trinajstić information content (AvgIpc) is 3.22. The van der Waals surface area contributed by atoms with E-state index in [9.17, 15) is 4.79 Å². The van der Waals surface area contributed by atoms with E-state index in [2.05, 4.69) is 57.3 Å². The lowest BCUT2D eigenvalue weighted by Crippen LogP contribution is -2.41. The van der Waals surface area contributed by atoms with Gasteiger partial charge in [-0.05, 0) is 47.2 Å². The van der Waals surface area contributed by atoms with E-state index in [0.29, 0.717) is 17.3 Å². The molecule has 0 fully saturated rings. The highest BCUT2D eigenvalue weighted by molar-refractivity contribution is 7.10. The average molecular weight is 412 g/mol. The van der Waals surface area contributed by atoms with E-state index in [0.717, 1.165) is 19.5 Å². The molecule has 6 heteroatoms. The number of rotatable bonds is 5. The number of nitrogens with one attached hydrogen (secondary N) is 2. The highest BCUT2D eigenvalue weighted by atomic mass is 35.5. The minimum Gasteiger partial charge on any atom is -0.336 e. The fourth-order valence-electron chi connectivity index (χ4n) is 3.60. The molecular weight excluding hydrogens is 390 g/mol. The molecule has 1 atom stereocenters. The maximum Gasteiger partial charge on any atom is 0.319 e. The molecule has 2 amide bonds. The van der Waals surface area contributed by atoms with Gasteiger partial charge in [0.15, 0.2) is 0 Å². The summed E-state index contributed by atoms with van der Waals surface area (Å²) in [5.41, 5.74) is 3.48. The SMILES string of the molecule is O=C(NC[C@@H](c1cccs1)N1CCc2ccccc2C1)Nc1cccc(Cl)c1. The van der Waals surface area contributed by atoms with Crippen molar-refractivity contribution in [3.63, 3.8) is 0 Å². The molecule has 1 aliphatic heterocycles. The first kappa shape index (κ1) is 19.0. The number of anilines is 1. The number of benzene rings is 2. The van der Waals surface area contributed by atoms with Gasteiger partial charge in [0.25, 0.3) is 0 Å². The Bertz CT molecular complexity index is 944. The van der Waals surface area contributed by atoms with Crippen molar-refractivity contribution in [2.45, 2.75) is 19.0 Å². The minimum atomic E-state index is -0.221. The first-order valence-corrected chi connectivity index (χ1v) is 10.6.